The molecule has 5 heteroatoms. The molecule has 0 radical (unpaired) electrons. The van der Waals surface area contributed by atoms with Crippen LogP contribution in [0.2, 0.25) is 0 Å². The van der Waals surface area contributed by atoms with Gasteiger partial charge in [-0.05, 0) is 36.1 Å². The quantitative estimate of drug-likeness (QED) is 0.747. The average Bonchev–Trinajstić information content (AvgIpc) is 2.65. The molecule has 0 saturated carbocycles. The Hall–Kier alpha value is -2.79. The number of aryl methyl sites for hydroxylation is 1. The number of esters is 1. The molecule has 2 aromatic carbocycles. The van der Waals surface area contributed by atoms with Crippen molar-refractivity contribution in [3.8, 4) is 5.75 Å². The molecule has 2 aromatic rings. The zero-order chi connectivity index (χ0) is 18.4. The van der Waals surface area contributed by atoms with Crippen molar-refractivity contribution < 1.29 is 24.5 Å². The number of hydrogen-bond donors (Lipinski definition) is 2. The highest BCUT2D eigenvalue weighted by atomic mass is 16.6. The van der Waals surface area contributed by atoms with Gasteiger partial charge in [0, 0.05) is 6.42 Å². The molecule has 26 heavy (non-hydrogen) atoms. The monoisotopic (exact) mass is 354 g/mol. The van der Waals surface area contributed by atoms with Gasteiger partial charge in [0.1, 0.15) is 23.7 Å². The fraction of sp³-hybridized carbons (Fsp3) is 0.286. The number of benzene rings is 2. The van der Waals surface area contributed by atoms with E-state index in [2.05, 4.69) is 0 Å². The van der Waals surface area contributed by atoms with Crippen molar-refractivity contribution in [3.63, 3.8) is 0 Å². The van der Waals surface area contributed by atoms with Gasteiger partial charge >= 0.3 is 5.97 Å². The van der Waals surface area contributed by atoms with Crippen LogP contribution in [-0.2, 0) is 21.6 Å². The Kier molecular flexibility index (Phi) is 5.58. The predicted molar refractivity (Wildman–Crippen MR) is 96.9 cm³/mol. The van der Waals surface area contributed by atoms with Gasteiger partial charge in [-0.1, -0.05) is 42.5 Å². The van der Waals surface area contributed by atoms with Crippen LogP contribution in [0.4, 0.5) is 0 Å². The van der Waals surface area contributed by atoms with E-state index in [9.17, 15) is 9.90 Å². The van der Waals surface area contributed by atoms with Crippen molar-refractivity contribution in [2.24, 2.45) is 0 Å². The van der Waals surface area contributed by atoms with E-state index in [1.165, 1.54) is 0 Å². The molecule has 0 amide bonds. The lowest BCUT2D eigenvalue weighted by molar-refractivity contribution is -0.159. The first kappa shape index (κ1) is 18.0. The molecule has 0 spiro atoms. The molecule has 1 aliphatic heterocycles. The topological polar surface area (TPSA) is 76.0 Å². The SMILES string of the molecule is O=C1C=C(O)CC(CCc2ccccc2)(c2ccc(OCCO)cc2)O1. The number of carbonyl (C=O) groups excluding carboxylic acids is 1. The van der Waals surface area contributed by atoms with Crippen LogP contribution in [0.3, 0.4) is 0 Å². The third-order valence-corrected chi connectivity index (χ3v) is 4.45. The maximum absolute atomic E-state index is 12.0. The molecule has 3 rings (SSSR count). The summed E-state index contributed by atoms with van der Waals surface area (Å²) in [5.74, 6) is 0.111. The van der Waals surface area contributed by atoms with E-state index in [1.54, 1.807) is 12.1 Å². The summed E-state index contributed by atoms with van der Waals surface area (Å²) in [5.41, 5.74) is 1.03. The van der Waals surface area contributed by atoms with Gasteiger partial charge in [-0.25, -0.2) is 4.79 Å². The molecule has 1 heterocycles. The van der Waals surface area contributed by atoms with Crippen molar-refractivity contribution in [2.45, 2.75) is 24.9 Å². The molecule has 1 aliphatic rings. The summed E-state index contributed by atoms with van der Waals surface area (Å²) in [7, 11) is 0. The van der Waals surface area contributed by atoms with Crippen molar-refractivity contribution in [1.29, 1.82) is 0 Å². The smallest absolute Gasteiger partial charge is 0.335 e. The third kappa shape index (κ3) is 4.24. The maximum Gasteiger partial charge on any atom is 0.335 e. The van der Waals surface area contributed by atoms with Gasteiger partial charge in [-0.2, -0.15) is 0 Å². The lowest BCUT2D eigenvalue weighted by Crippen LogP contribution is -2.36. The second-order valence-corrected chi connectivity index (χ2v) is 6.31. The molecule has 5 nitrogen and oxygen atoms in total. The summed E-state index contributed by atoms with van der Waals surface area (Å²) in [6, 6.07) is 17.2. The van der Waals surface area contributed by atoms with Gasteiger partial charge in [0.15, 0.2) is 0 Å². The second kappa shape index (κ2) is 8.06. The standard InChI is InChI=1S/C21H22O5/c22-12-13-25-19-8-6-17(7-9-19)21(15-18(23)14-20(24)26-21)11-10-16-4-2-1-3-5-16/h1-9,14,22-23H,10-13,15H2. The van der Waals surface area contributed by atoms with Crippen LogP contribution >= 0.6 is 0 Å². The number of hydrogen-bond acceptors (Lipinski definition) is 5. The number of aliphatic hydroxyl groups excluding tert-OH is 2. The molecular weight excluding hydrogens is 332 g/mol. The van der Waals surface area contributed by atoms with Gasteiger partial charge in [0.05, 0.1) is 12.7 Å². The normalized spacial score (nSPS) is 19.6. The molecule has 0 fully saturated rings. The van der Waals surface area contributed by atoms with Crippen LogP contribution in [0.25, 0.3) is 0 Å². The number of cyclic esters (lactones) is 1. The Morgan fingerprint density at radius 3 is 2.46 bits per heavy atom. The third-order valence-electron chi connectivity index (χ3n) is 4.45. The summed E-state index contributed by atoms with van der Waals surface area (Å²) >= 11 is 0. The summed E-state index contributed by atoms with van der Waals surface area (Å²) in [6.07, 6.45) is 2.63. The fourth-order valence-electron chi connectivity index (χ4n) is 3.19. The number of ether oxygens (including phenoxy) is 2. The minimum atomic E-state index is -0.915. The van der Waals surface area contributed by atoms with Crippen LogP contribution in [0.15, 0.2) is 66.4 Å². The first-order chi connectivity index (χ1) is 12.6. The predicted octanol–water partition coefficient (Wildman–Crippen LogP) is 3.27. The Morgan fingerprint density at radius 2 is 1.81 bits per heavy atom. The van der Waals surface area contributed by atoms with Crippen LogP contribution < -0.4 is 4.74 Å². The van der Waals surface area contributed by atoms with Crippen LogP contribution in [0, 0.1) is 0 Å². The Labute approximate surface area is 152 Å². The molecule has 1 atom stereocenters. The van der Waals surface area contributed by atoms with Gasteiger partial charge < -0.3 is 19.7 Å². The first-order valence-corrected chi connectivity index (χ1v) is 8.62. The zero-order valence-corrected chi connectivity index (χ0v) is 14.4. The Morgan fingerprint density at radius 1 is 1.08 bits per heavy atom. The summed E-state index contributed by atoms with van der Waals surface area (Å²) in [4.78, 5) is 12.0. The Bertz CT molecular complexity index is 767. The highest BCUT2D eigenvalue weighted by Gasteiger charge is 2.40. The van der Waals surface area contributed by atoms with Gasteiger partial charge in [0.2, 0.25) is 0 Å². The van der Waals surface area contributed by atoms with Crippen molar-refractivity contribution in [1.82, 2.24) is 0 Å². The average molecular weight is 354 g/mol. The highest BCUT2D eigenvalue weighted by Crippen LogP contribution is 2.40. The van der Waals surface area contributed by atoms with Gasteiger partial charge in [-0.15, -0.1) is 0 Å². The zero-order valence-electron chi connectivity index (χ0n) is 14.4. The largest absolute Gasteiger partial charge is 0.512 e. The van der Waals surface area contributed by atoms with Crippen LogP contribution in [0.1, 0.15) is 24.0 Å². The number of rotatable bonds is 7. The minimum absolute atomic E-state index is 0.0231. The van der Waals surface area contributed by atoms with Crippen molar-refractivity contribution in [3.05, 3.63) is 77.6 Å². The lowest BCUT2D eigenvalue weighted by Gasteiger charge is -2.36. The molecule has 0 saturated heterocycles. The van der Waals surface area contributed by atoms with Gasteiger partial charge in [-0.3, -0.25) is 0 Å². The van der Waals surface area contributed by atoms with Crippen LogP contribution in [0.5, 0.6) is 5.75 Å². The number of aliphatic hydroxyl groups is 2. The van der Waals surface area contributed by atoms with E-state index >= 15 is 0 Å². The van der Waals surface area contributed by atoms with E-state index in [1.807, 2.05) is 42.5 Å². The molecular formula is C21H22O5. The molecule has 0 bridgehead atoms. The minimum Gasteiger partial charge on any atom is -0.512 e. The van der Waals surface area contributed by atoms with Crippen molar-refractivity contribution in [2.75, 3.05) is 13.2 Å². The number of carbonyl (C=O) groups is 1. The van der Waals surface area contributed by atoms with E-state index in [-0.39, 0.29) is 25.4 Å². The van der Waals surface area contributed by atoms with Gasteiger partial charge in [0.25, 0.3) is 0 Å². The molecule has 1 unspecified atom stereocenters. The highest BCUT2D eigenvalue weighted by molar-refractivity contribution is 5.84. The summed E-state index contributed by atoms with van der Waals surface area (Å²) in [5, 5.41) is 18.9. The Balaban J connectivity index is 1.85. The molecule has 0 aliphatic carbocycles. The van der Waals surface area contributed by atoms with E-state index in [4.69, 9.17) is 14.6 Å². The van der Waals surface area contributed by atoms with E-state index in [0.29, 0.717) is 18.6 Å². The lowest BCUT2D eigenvalue weighted by atomic mass is 9.82. The second-order valence-electron chi connectivity index (χ2n) is 6.31. The fourth-order valence-corrected chi connectivity index (χ4v) is 3.19. The summed E-state index contributed by atoms with van der Waals surface area (Å²) in [6.45, 7) is 0.163. The van der Waals surface area contributed by atoms with E-state index in [0.717, 1.165) is 17.2 Å². The molecule has 0 aromatic heterocycles. The first-order valence-electron chi connectivity index (χ1n) is 8.62. The van der Waals surface area contributed by atoms with E-state index < -0.39 is 11.6 Å². The molecule has 2 N–H and O–H groups in total. The van der Waals surface area contributed by atoms with Crippen LogP contribution in [-0.4, -0.2) is 29.4 Å². The maximum atomic E-state index is 12.0. The van der Waals surface area contributed by atoms with Crippen molar-refractivity contribution >= 4 is 5.97 Å². The molecule has 136 valence electrons. The summed E-state index contributed by atoms with van der Waals surface area (Å²) < 4.78 is 11.1.